The van der Waals surface area contributed by atoms with Crippen LogP contribution in [-0.2, 0) is 19.4 Å². The van der Waals surface area contributed by atoms with Crippen LogP contribution in [0.1, 0.15) is 30.5 Å². The molecule has 3 aromatic carbocycles. The molecule has 0 saturated heterocycles. The van der Waals surface area contributed by atoms with E-state index in [0.717, 1.165) is 34.9 Å². The van der Waals surface area contributed by atoms with Crippen molar-refractivity contribution in [2.24, 2.45) is 0 Å². The first-order valence-corrected chi connectivity index (χ1v) is 7.88. The highest BCUT2D eigenvalue weighted by Crippen LogP contribution is 2.39. The molecule has 0 aliphatic rings. The van der Waals surface area contributed by atoms with Crippen molar-refractivity contribution < 1.29 is 9.84 Å². The number of fused-ring (bicyclic) bond motifs is 3. The molecule has 1 N–H and O–H groups in total. The highest BCUT2D eigenvalue weighted by molar-refractivity contribution is 6.12. The van der Waals surface area contributed by atoms with E-state index in [1.54, 1.807) is 7.11 Å². The van der Waals surface area contributed by atoms with Gasteiger partial charge in [0.15, 0.2) is 0 Å². The molecule has 3 aromatic rings. The summed E-state index contributed by atoms with van der Waals surface area (Å²) in [7, 11) is 1.68. The third-order valence-corrected chi connectivity index (χ3v) is 4.48. The average Bonchev–Trinajstić information content (AvgIpc) is 2.59. The number of aryl methyl sites for hydroxylation is 2. The topological polar surface area (TPSA) is 29.5 Å². The third kappa shape index (κ3) is 2.24. The molecule has 22 heavy (non-hydrogen) atoms. The largest absolute Gasteiger partial charge is 0.496 e. The van der Waals surface area contributed by atoms with Crippen molar-refractivity contribution in [3.63, 3.8) is 0 Å². The van der Waals surface area contributed by atoms with E-state index in [1.807, 2.05) is 0 Å². The van der Waals surface area contributed by atoms with E-state index in [1.165, 1.54) is 21.9 Å². The van der Waals surface area contributed by atoms with Crippen LogP contribution in [0.4, 0.5) is 0 Å². The van der Waals surface area contributed by atoms with Crippen LogP contribution < -0.4 is 4.74 Å². The van der Waals surface area contributed by atoms with E-state index in [2.05, 4.69) is 50.2 Å². The van der Waals surface area contributed by atoms with Gasteiger partial charge in [-0.15, -0.1) is 0 Å². The van der Waals surface area contributed by atoms with Crippen molar-refractivity contribution in [2.75, 3.05) is 7.11 Å². The van der Waals surface area contributed by atoms with Crippen LogP contribution in [0.2, 0.25) is 0 Å². The summed E-state index contributed by atoms with van der Waals surface area (Å²) >= 11 is 0. The average molecular weight is 294 g/mol. The number of rotatable bonds is 4. The van der Waals surface area contributed by atoms with Gasteiger partial charge in [0.25, 0.3) is 0 Å². The van der Waals surface area contributed by atoms with E-state index in [9.17, 15) is 5.11 Å². The van der Waals surface area contributed by atoms with Crippen molar-refractivity contribution in [2.45, 2.75) is 33.3 Å². The first-order valence-electron chi connectivity index (χ1n) is 7.88. The lowest BCUT2D eigenvalue weighted by atomic mass is 9.93. The second-order valence-electron chi connectivity index (χ2n) is 5.64. The Hall–Kier alpha value is -2.06. The zero-order chi connectivity index (χ0) is 15.7. The molecule has 0 bridgehead atoms. The van der Waals surface area contributed by atoms with Gasteiger partial charge >= 0.3 is 0 Å². The predicted octanol–water partition coefficient (Wildman–Crippen LogP) is 4.62. The van der Waals surface area contributed by atoms with Crippen molar-refractivity contribution >= 4 is 21.5 Å². The Morgan fingerprint density at radius 3 is 1.86 bits per heavy atom. The molecule has 0 aromatic heterocycles. The van der Waals surface area contributed by atoms with Gasteiger partial charge in [0.2, 0.25) is 0 Å². The van der Waals surface area contributed by atoms with Crippen molar-refractivity contribution in [3.8, 4) is 5.75 Å². The molecule has 2 nitrogen and oxygen atoms in total. The smallest absolute Gasteiger partial charge is 0.132 e. The van der Waals surface area contributed by atoms with Crippen LogP contribution in [0, 0.1) is 0 Å². The van der Waals surface area contributed by atoms with Crippen LogP contribution in [0.25, 0.3) is 21.5 Å². The van der Waals surface area contributed by atoms with Crippen LogP contribution in [0.15, 0.2) is 36.4 Å². The van der Waals surface area contributed by atoms with E-state index in [0.29, 0.717) is 0 Å². The SMILES string of the molecule is CCc1ccc2c(c1)c(CO)c(OC)c1cc(CC)ccc12. The van der Waals surface area contributed by atoms with Gasteiger partial charge < -0.3 is 9.84 Å². The lowest BCUT2D eigenvalue weighted by molar-refractivity contribution is 0.276. The highest BCUT2D eigenvalue weighted by Gasteiger charge is 2.15. The minimum absolute atomic E-state index is 0.0147. The summed E-state index contributed by atoms with van der Waals surface area (Å²) < 4.78 is 5.67. The number of hydrogen-bond acceptors (Lipinski definition) is 2. The number of aliphatic hydroxyl groups excluding tert-OH is 1. The highest BCUT2D eigenvalue weighted by atomic mass is 16.5. The third-order valence-electron chi connectivity index (χ3n) is 4.48. The summed E-state index contributed by atoms with van der Waals surface area (Å²) in [6.45, 7) is 4.28. The Morgan fingerprint density at radius 1 is 0.818 bits per heavy atom. The minimum Gasteiger partial charge on any atom is -0.496 e. The summed E-state index contributed by atoms with van der Waals surface area (Å²) in [6.07, 6.45) is 1.97. The van der Waals surface area contributed by atoms with Gasteiger partial charge in [-0.05, 0) is 46.2 Å². The molecular formula is C20H22O2. The minimum atomic E-state index is -0.0147. The fraction of sp³-hybridized carbons (Fsp3) is 0.300. The summed E-state index contributed by atoms with van der Waals surface area (Å²) in [4.78, 5) is 0. The number of methoxy groups -OCH3 is 1. The Labute approximate surface area is 131 Å². The standard InChI is InChI=1S/C20H22O2/c1-4-13-6-8-15-16-9-7-14(5-2)11-18(16)20(22-3)19(12-21)17(15)10-13/h6-11,21H,4-5,12H2,1-3H3. The van der Waals surface area contributed by atoms with E-state index < -0.39 is 0 Å². The number of ether oxygens (including phenoxy) is 1. The molecule has 0 fully saturated rings. The van der Waals surface area contributed by atoms with Gasteiger partial charge in [0.1, 0.15) is 5.75 Å². The quantitative estimate of drug-likeness (QED) is 0.711. The predicted molar refractivity (Wildman–Crippen MR) is 92.7 cm³/mol. The van der Waals surface area contributed by atoms with Crippen molar-refractivity contribution in [3.05, 3.63) is 53.1 Å². The summed E-state index contributed by atoms with van der Waals surface area (Å²) in [6, 6.07) is 13.0. The molecule has 0 aliphatic carbocycles. The monoisotopic (exact) mass is 294 g/mol. The van der Waals surface area contributed by atoms with Gasteiger partial charge in [-0.2, -0.15) is 0 Å². The van der Waals surface area contributed by atoms with E-state index in [4.69, 9.17) is 4.74 Å². The van der Waals surface area contributed by atoms with Crippen LogP contribution in [-0.4, -0.2) is 12.2 Å². The summed E-state index contributed by atoms with van der Waals surface area (Å²) in [5.74, 6) is 0.800. The maximum absolute atomic E-state index is 9.92. The lowest BCUT2D eigenvalue weighted by Crippen LogP contribution is -1.97. The molecule has 0 radical (unpaired) electrons. The molecule has 0 unspecified atom stereocenters. The molecule has 0 aliphatic heterocycles. The van der Waals surface area contributed by atoms with Gasteiger partial charge in [0.05, 0.1) is 13.7 Å². The van der Waals surface area contributed by atoms with Gasteiger partial charge in [0, 0.05) is 10.9 Å². The Bertz CT molecular complexity index is 763. The molecule has 2 heteroatoms. The molecular weight excluding hydrogens is 272 g/mol. The second kappa shape index (κ2) is 5.98. The number of hydrogen-bond donors (Lipinski definition) is 1. The molecule has 0 atom stereocenters. The fourth-order valence-electron chi connectivity index (χ4n) is 3.20. The Balaban J connectivity index is 2.50. The molecule has 3 rings (SSSR count). The van der Waals surface area contributed by atoms with Crippen molar-refractivity contribution in [1.29, 1.82) is 0 Å². The molecule has 0 amide bonds. The van der Waals surface area contributed by atoms with Crippen LogP contribution >= 0.6 is 0 Å². The van der Waals surface area contributed by atoms with E-state index >= 15 is 0 Å². The molecule has 0 heterocycles. The second-order valence-corrected chi connectivity index (χ2v) is 5.64. The summed E-state index contributed by atoms with van der Waals surface area (Å²) in [5, 5.41) is 14.5. The Morgan fingerprint density at radius 2 is 1.36 bits per heavy atom. The Kier molecular flexibility index (Phi) is 4.04. The summed E-state index contributed by atoms with van der Waals surface area (Å²) in [5.41, 5.74) is 3.43. The molecule has 0 saturated carbocycles. The zero-order valence-electron chi connectivity index (χ0n) is 13.4. The number of benzene rings is 3. The lowest BCUT2D eigenvalue weighted by Gasteiger charge is -2.16. The number of aliphatic hydroxyl groups is 1. The first kappa shape index (κ1) is 14.9. The maximum atomic E-state index is 9.92. The van der Waals surface area contributed by atoms with E-state index in [-0.39, 0.29) is 6.61 Å². The van der Waals surface area contributed by atoms with Gasteiger partial charge in [-0.1, -0.05) is 44.2 Å². The van der Waals surface area contributed by atoms with Gasteiger partial charge in [-0.3, -0.25) is 0 Å². The maximum Gasteiger partial charge on any atom is 0.132 e. The van der Waals surface area contributed by atoms with Crippen LogP contribution in [0.5, 0.6) is 5.75 Å². The molecule has 0 spiro atoms. The first-order chi connectivity index (χ1) is 10.7. The molecule has 114 valence electrons. The van der Waals surface area contributed by atoms with Crippen LogP contribution in [0.3, 0.4) is 0 Å². The van der Waals surface area contributed by atoms with Gasteiger partial charge in [-0.25, -0.2) is 0 Å². The van der Waals surface area contributed by atoms with Crippen molar-refractivity contribution in [1.82, 2.24) is 0 Å². The fourth-order valence-corrected chi connectivity index (χ4v) is 3.20. The zero-order valence-corrected chi connectivity index (χ0v) is 13.4. The normalized spacial score (nSPS) is 11.3.